The van der Waals surface area contributed by atoms with Gasteiger partial charge in [0, 0.05) is 17.2 Å². The van der Waals surface area contributed by atoms with Crippen molar-refractivity contribution in [1.82, 2.24) is 5.32 Å². The van der Waals surface area contributed by atoms with Crippen molar-refractivity contribution in [1.29, 1.82) is 0 Å². The third-order valence-electron chi connectivity index (χ3n) is 3.49. The molecule has 0 bridgehead atoms. The molecule has 1 atom stereocenters. The summed E-state index contributed by atoms with van der Waals surface area (Å²) in [5.41, 5.74) is 1.92. The maximum atomic E-state index is 13.6. The number of ether oxygens (including phenoxy) is 1. The third-order valence-corrected chi connectivity index (χ3v) is 3.49. The van der Waals surface area contributed by atoms with Crippen molar-refractivity contribution in [3.8, 4) is 5.75 Å². The minimum atomic E-state index is -0.114. The van der Waals surface area contributed by atoms with Crippen LogP contribution in [0.2, 0.25) is 0 Å². The molecule has 2 aliphatic rings. The Morgan fingerprint density at radius 1 is 1.31 bits per heavy atom. The number of rotatable bonds is 1. The SMILES string of the molecule is Fc1ccc([C@@H]2CCCN2)c2c1CCCO2. The lowest BCUT2D eigenvalue weighted by Gasteiger charge is -2.23. The lowest BCUT2D eigenvalue weighted by atomic mass is 9.97. The van der Waals surface area contributed by atoms with Crippen LogP contribution in [0.3, 0.4) is 0 Å². The van der Waals surface area contributed by atoms with E-state index in [1.54, 1.807) is 6.07 Å². The molecule has 0 saturated carbocycles. The molecular weight excluding hydrogens is 205 g/mol. The molecule has 0 amide bonds. The second-order valence-electron chi connectivity index (χ2n) is 4.55. The average Bonchev–Trinajstić information content (AvgIpc) is 2.83. The van der Waals surface area contributed by atoms with Crippen molar-refractivity contribution in [3.05, 3.63) is 29.1 Å². The van der Waals surface area contributed by atoms with Crippen LogP contribution in [0, 0.1) is 5.82 Å². The van der Waals surface area contributed by atoms with Crippen molar-refractivity contribution in [2.75, 3.05) is 13.2 Å². The van der Waals surface area contributed by atoms with Gasteiger partial charge in [-0.25, -0.2) is 4.39 Å². The van der Waals surface area contributed by atoms with E-state index in [1.807, 2.05) is 6.07 Å². The Morgan fingerprint density at radius 3 is 3.06 bits per heavy atom. The van der Waals surface area contributed by atoms with E-state index in [1.165, 1.54) is 6.42 Å². The molecule has 3 heteroatoms. The Morgan fingerprint density at radius 2 is 2.25 bits per heavy atom. The van der Waals surface area contributed by atoms with Gasteiger partial charge in [0.1, 0.15) is 11.6 Å². The van der Waals surface area contributed by atoms with Gasteiger partial charge in [0.25, 0.3) is 0 Å². The Balaban J connectivity index is 2.04. The monoisotopic (exact) mass is 221 g/mol. The molecule has 2 aliphatic heterocycles. The van der Waals surface area contributed by atoms with E-state index in [4.69, 9.17) is 4.74 Å². The van der Waals surface area contributed by atoms with E-state index >= 15 is 0 Å². The van der Waals surface area contributed by atoms with E-state index in [0.29, 0.717) is 6.04 Å². The minimum absolute atomic E-state index is 0.114. The summed E-state index contributed by atoms with van der Waals surface area (Å²) in [6.45, 7) is 1.77. The van der Waals surface area contributed by atoms with Crippen molar-refractivity contribution in [2.24, 2.45) is 0 Å². The van der Waals surface area contributed by atoms with Gasteiger partial charge in [-0.15, -0.1) is 0 Å². The summed E-state index contributed by atoms with van der Waals surface area (Å²) < 4.78 is 19.3. The van der Waals surface area contributed by atoms with E-state index in [0.717, 1.165) is 49.3 Å². The number of halogens is 1. The van der Waals surface area contributed by atoms with E-state index < -0.39 is 0 Å². The molecule has 1 aromatic carbocycles. The van der Waals surface area contributed by atoms with Gasteiger partial charge < -0.3 is 10.1 Å². The number of fused-ring (bicyclic) bond motifs is 1. The fourth-order valence-electron chi connectivity index (χ4n) is 2.67. The summed E-state index contributed by atoms with van der Waals surface area (Å²) in [6, 6.07) is 3.82. The van der Waals surface area contributed by atoms with Gasteiger partial charge in [0.15, 0.2) is 0 Å². The first-order chi connectivity index (χ1) is 7.86. The maximum absolute atomic E-state index is 13.6. The molecule has 0 radical (unpaired) electrons. The third kappa shape index (κ3) is 1.59. The van der Waals surface area contributed by atoms with Gasteiger partial charge in [0.2, 0.25) is 0 Å². The quantitative estimate of drug-likeness (QED) is 0.787. The molecule has 1 saturated heterocycles. The second-order valence-corrected chi connectivity index (χ2v) is 4.55. The molecule has 3 rings (SSSR count). The predicted octanol–water partition coefficient (Wildman–Crippen LogP) is 2.58. The molecule has 0 unspecified atom stereocenters. The first-order valence-corrected chi connectivity index (χ1v) is 6.04. The van der Waals surface area contributed by atoms with E-state index in [-0.39, 0.29) is 5.82 Å². The smallest absolute Gasteiger partial charge is 0.130 e. The maximum Gasteiger partial charge on any atom is 0.130 e. The van der Waals surface area contributed by atoms with Crippen molar-refractivity contribution >= 4 is 0 Å². The van der Waals surface area contributed by atoms with Crippen LogP contribution in [0.1, 0.15) is 36.4 Å². The average molecular weight is 221 g/mol. The first-order valence-electron chi connectivity index (χ1n) is 6.04. The van der Waals surface area contributed by atoms with Crippen LogP contribution >= 0.6 is 0 Å². The standard InChI is InChI=1S/C13H16FNO/c14-11-6-5-10(12-4-1-7-15-12)13-9(11)3-2-8-16-13/h5-6,12,15H,1-4,7-8H2/t12-/m0/s1. The topological polar surface area (TPSA) is 21.3 Å². The fourth-order valence-corrected chi connectivity index (χ4v) is 2.67. The molecule has 0 aromatic heterocycles. The minimum Gasteiger partial charge on any atom is -0.493 e. The second kappa shape index (κ2) is 4.06. The van der Waals surface area contributed by atoms with Gasteiger partial charge in [-0.1, -0.05) is 6.07 Å². The lowest BCUT2D eigenvalue weighted by molar-refractivity contribution is 0.278. The fraction of sp³-hybridized carbons (Fsp3) is 0.538. The summed E-state index contributed by atoms with van der Waals surface area (Å²) in [4.78, 5) is 0. The Hall–Kier alpha value is -1.09. The Bertz CT molecular complexity index is 399. The predicted molar refractivity (Wildman–Crippen MR) is 60.2 cm³/mol. The number of hydrogen-bond donors (Lipinski definition) is 1. The first kappa shape index (κ1) is 10.1. The van der Waals surface area contributed by atoms with E-state index in [2.05, 4.69) is 5.32 Å². The highest BCUT2D eigenvalue weighted by Gasteiger charge is 2.25. The Kier molecular flexibility index (Phi) is 2.56. The highest BCUT2D eigenvalue weighted by Crippen LogP contribution is 2.37. The van der Waals surface area contributed by atoms with Crippen LogP contribution in [-0.4, -0.2) is 13.2 Å². The molecule has 2 nitrogen and oxygen atoms in total. The number of hydrogen-bond acceptors (Lipinski definition) is 2. The van der Waals surface area contributed by atoms with Crippen LogP contribution in [0.15, 0.2) is 12.1 Å². The summed E-state index contributed by atoms with van der Waals surface area (Å²) in [5, 5.41) is 3.44. The van der Waals surface area contributed by atoms with Crippen molar-refractivity contribution < 1.29 is 9.13 Å². The molecule has 1 fully saturated rings. The molecule has 16 heavy (non-hydrogen) atoms. The van der Waals surface area contributed by atoms with E-state index in [9.17, 15) is 4.39 Å². The summed E-state index contributed by atoms with van der Waals surface area (Å²) in [5.74, 6) is 0.696. The molecule has 2 heterocycles. The number of benzene rings is 1. The van der Waals surface area contributed by atoms with Gasteiger partial charge in [-0.05, 0) is 38.3 Å². The van der Waals surface area contributed by atoms with Crippen LogP contribution in [0.5, 0.6) is 5.75 Å². The van der Waals surface area contributed by atoms with Crippen LogP contribution in [0.4, 0.5) is 4.39 Å². The number of nitrogens with one attached hydrogen (secondary N) is 1. The lowest BCUT2D eigenvalue weighted by Crippen LogP contribution is -2.18. The molecule has 1 aromatic rings. The molecular formula is C13H16FNO. The highest BCUT2D eigenvalue weighted by atomic mass is 19.1. The van der Waals surface area contributed by atoms with Gasteiger partial charge in [0.05, 0.1) is 6.61 Å². The van der Waals surface area contributed by atoms with Crippen LogP contribution in [-0.2, 0) is 6.42 Å². The van der Waals surface area contributed by atoms with Crippen molar-refractivity contribution in [2.45, 2.75) is 31.7 Å². The normalized spacial score (nSPS) is 23.9. The summed E-state index contributed by atoms with van der Waals surface area (Å²) in [6.07, 6.45) is 4.05. The zero-order valence-electron chi connectivity index (χ0n) is 9.26. The van der Waals surface area contributed by atoms with Crippen LogP contribution < -0.4 is 10.1 Å². The highest BCUT2D eigenvalue weighted by molar-refractivity contribution is 5.45. The molecule has 86 valence electrons. The van der Waals surface area contributed by atoms with Crippen LogP contribution in [0.25, 0.3) is 0 Å². The largest absolute Gasteiger partial charge is 0.493 e. The van der Waals surface area contributed by atoms with Crippen molar-refractivity contribution in [3.63, 3.8) is 0 Å². The molecule has 0 spiro atoms. The Labute approximate surface area is 94.8 Å². The van der Waals surface area contributed by atoms with Gasteiger partial charge >= 0.3 is 0 Å². The zero-order valence-corrected chi connectivity index (χ0v) is 9.26. The van der Waals surface area contributed by atoms with Gasteiger partial charge in [-0.3, -0.25) is 0 Å². The zero-order chi connectivity index (χ0) is 11.0. The van der Waals surface area contributed by atoms with Gasteiger partial charge in [-0.2, -0.15) is 0 Å². The summed E-state index contributed by atoms with van der Waals surface area (Å²) in [7, 11) is 0. The molecule has 0 aliphatic carbocycles. The molecule has 1 N–H and O–H groups in total. The summed E-state index contributed by atoms with van der Waals surface area (Å²) >= 11 is 0.